The summed E-state index contributed by atoms with van der Waals surface area (Å²) in [4.78, 5) is 8.82. The molecule has 6 nitrogen and oxygen atoms in total. The number of hydrogen-bond donors (Lipinski definition) is 1. The molecule has 3 rings (SSSR count). The molecule has 1 unspecified atom stereocenters. The lowest BCUT2D eigenvalue weighted by atomic mass is 10.1. The zero-order valence-electron chi connectivity index (χ0n) is 12.1. The SMILES string of the molecule is CN1CCN(C)C(c2noc(-c3ccc(N)c(F)c3)n2)C1. The third kappa shape index (κ3) is 2.74. The molecule has 0 aliphatic carbocycles. The topological polar surface area (TPSA) is 71.4 Å². The zero-order valence-corrected chi connectivity index (χ0v) is 12.1. The second kappa shape index (κ2) is 5.42. The lowest BCUT2D eigenvalue weighted by molar-refractivity contribution is 0.108. The van der Waals surface area contributed by atoms with Crippen LogP contribution in [0.1, 0.15) is 11.9 Å². The van der Waals surface area contributed by atoms with E-state index >= 15 is 0 Å². The Balaban J connectivity index is 1.87. The largest absolute Gasteiger partial charge is 0.396 e. The van der Waals surface area contributed by atoms with Crippen LogP contribution in [0.3, 0.4) is 0 Å². The van der Waals surface area contributed by atoms with E-state index in [1.54, 1.807) is 6.07 Å². The van der Waals surface area contributed by atoms with Crippen LogP contribution >= 0.6 is 0 Å². The maximum Gasteiger partial charge on any atom is 0.258 e. The smallest absolute Gasteiger partial charge is 0.258 e. The molecule has 0 spiro atoms. The Labute approximate surface area is 122 Å². The molecule has 0 radical (unpaired) electrons. The van der Waals surface area contributed by atoms with Gasteiger partial charge in [-0.2, -0.15) is 4.98 Å². The average Bonchev–Trinajstić information content (AvgIpc) is 2.94. The zero-order chi connectivity index (χ0) is 15.0. The van der Waals surface area contributed by atoms with Gasteiger partial charge in [0.05, 0.1) is 11.7 Å². The predicted molar refractivity (Wildman–Crippen MR) is 77.0 cm³/mol. The summed E-state index contributed by atoms with van der Waals surface area (Å²) < 4.78 is 18.8. The van der Waals surface area contributed by atoms with E-state index in [-0.39, 0.29) is 11.7 Å². The molecule has 2 aromatic rings. The summed E-state index contributed by atoms with van der Waals surface area (Å²) in [5, 5.41) is 4.05. The van der Waals surface area contributed by atoms with Crippen LogP contribution in [0.5, 0.6) is 0 Å². The van der Waals surface area contributed by atoms with Gasteiger partial charge < -0.3 is 15.2 Å². The van der Waals surface area contributed by atoms with Crippen molar-refractivity contribution >= 4 is 5.69 Å². The number of anilines is 1. The maximum atomic E-state index is 13.5. The van der Waals surface area contributed by atoms with Gasteiger partial charge in [0.2, 0.25) is 0 Å². The van der Waals surface area contributed by atoms with Crippen molar-refractivity contribution in [2.45, 2.75) is 6.04 Å². The lowest BCUT2D eigenvalue weighted by Gasteiger charge is -2.35. The van der Waals surface area contributed by atoms with E-state index in [0.717, 1.165) is 19.6 Å². The number of benzene rings is 1. The van der Waals surface area contributed by atoms with Gasteiger partial charge in [-0.3, -0.25) is 4.90 Å². The molecular formula is C14H18FN5O. The summed E-state index contributed by atoms with van der Waals surface area (Å²) >= 11 is 0. The number of nitrogens with two attached hydrogens (primary N) is 1. The summed E-state index contributed by atoms with van der Waals surface area (Å²) in [6, 6.07) is 4.56. The molecule has 1 aliphatic rings. The van der Waals surface area contributed by atoms with Crippen LogP contribution in [0.25, 0.3) is 11.5 Å². The normalized spacial score (nSPS) is 20.8. The summed E-state index contributed by atoms with van der Waals surface area (Å²) in [6.45, 7) is 2.80. The highest BCUT2D eigenvalue weighted by molar-refractivity contribution is 5.57. The molecule has 1 fully saturated rings. The molecule has 1 saturated heterocycles. The molecule has 1 atom stereocenters. The molecule has 2 N–H and O–H groups in total. The number of piperazine rings is 1. The molecule has 21 heavy (non-hydrogen) atoms. The first kappa shape index (κ1) is 14.0. The average molecular weight is 291 g/mol. The van der Waals surface area contributed by atoms with Crippen molar-refractivity contribution in [1.82, 2.24) is 19.9 Å². The third-order valence-electron chi connectivity index (χ3n) is 3.84. The van der Waals surface area contributed by atoms with Gasteiger partial charge in [-0.15, -0.1) is 0 Å². The van der Waals surface area contributed by atoms with Gasteiger partial charge in [-0.1, -0.05) is 5.16 Å². The maximum absolute atomic E-state index is 13.5. The van der Waals surface area contributed by atoms with Gasteiger partial charge in [0.1, 0.15) is 5.82 Å². The van der Waals surface area contributed by atoms with E-state index in [4.69, 9.17) is 10.3 Å². The van der Waals surface area contributed by atoms with Crippen LogP contribution in [0.2, 0.25) is 0 Å². The number of hydrogen-bond acceptors (Lipinski definition) is 6. The van der Waals surface area contributed by atoms with Crippen molar-refractivity contribution in [1.29, 1.82) is 0 Å². The van der Waals surface area contributed by atoms with Gasteiger partial charge in [-0.25, -0.2) is 4.39 Å². The standard InChI is InChI=1S/C14H18FN5O/c1-19-5-6-20(2)12(8-19)13-17-14(21-18-13)9-3-4-11(16)10(15)7-9/h3-4,7,12H,5-6,8,16H2,1-2H3. The minimum atomic E-state index is -0.484. The Hall–Kier alpha value is -1.99. The molecule has 112 valence electrons. The first-order valence-corrected chi connectivity index (χ1v) is 6.82. The number of aromatic nitrogens is 2. The Morgan fingerprint density at radius 2 is 2.14 bits per heavy atom. The fourth-order valence-corrected chi connectivity index (χ4v) is 2.44. The summed E-state index contributed by atoms with van der Waals surface area (Å²) in [6.07, 6.45) is 0. The fraction of sp³-hybridized carbons (Fsp3) is 0.429. The summed E-state index contributed by atoms with van der Waals surface area (Å²) in [5.41, 5.74) is 6.11. The second-order valence-corrected chi connectivity index (χ2v) is 5.45. The van der Waals surface area contributed by atoms with Crippen molar-refractivity contribution in [2.75, 3.05) is 39.5 Å². The van der Waals surface area contributed by atoms with Crippen LogP contribution in [0.4, 0.5) is 10.1 Å². The van der Waals surface area contributed by atoms with Crippen molar-refractivity contribution in [3.63, 3.8) is 0 Å². The van der Waals surface area contributed by atoms with Crippen LogP contribution in [-0.2, 0) is 0 Å². The van der Waals surface area contributed by atoms with E-state index < -0.39 is 5.82 Å². The van der Waals surface area contributed by atoms with Gasteiger partial charge in [0, 0.05) is 25.2 Å². The van der Waals surface area contributed by atoms with E-state index in [9.17, 15) is 4.39 Å². The minimum absolute atomic E-state index is 0.0832. The number of nitrogen functional groups attached to an aromatic ring is 1. The molecule has 0 amide bonds. The minimum Gasteiger partial charge on any atom is -0.396 e. The van der Waals surface area contributed by atoms with E-state index in [2.05, 4.69) is 27.0 Å². The molecule has 1 aliphatic heterocycles. The van der Waals surface area contributed by atoms with Crippen molar-refractivity contribution in [2.24, 2.45) is 0 Å². The Kier molecular flexibility index (Phi) is 3.60. The van der Waals surface area contributed by atoms with E-state index in [1.807, 2.05) is 7.05 Å². The van der Waals surface area contributed by atoms with Crippen molar-refractivity contribution < 1.29 is 8.91 Å². The quantitative estimate of drug-likeness (QED) is 0.843. The van der Waals surface area contributed by atoms with Crippen LogP contribution < -0.4 is 5.73 Å². The highest BCUT2D eigenvalue weighted by Crippen LogP contribution is 2.25. The Morgan fingerprint density at radius 3 is 2.90 bits per heavy atom. The molecular weight excluding hydrogens is 273 g/mol. The molecule has 7 heteroatoms. The molecule has 2 heterocycles. The second-order valence-electron chi connectivity index (χ2n) is 5.45. The lowest BCUT2D eigenvalue weighted by Crippen LogP contribution is -2.45. The van der Waals surface area contributed by atoms with Crippen molar-refractivity contribution in [3.05, 3.63) is 29.8 Å². The first-order valence-electron chi connectivity index (χ1n) is 6.82. The number of halogens is 1. The van der Waals surface area contributed by atoms with Gasteiger partial charge >= 0.3 is 0 Å². The summed E-state index contributed by atoms with van der Waals surface area (Å²) in [7, 11) is 4.10. The number of nitrogens with zero attached hydrogens (tertiary/aromatic N) is 4. The van der Waals surface area contributed by atoms with Crippen molar-refractivity contribution in [3.8, 4) is 11.5 Å². The van der Waals surface area contributed by atoms with Gasteiger partial charge in [0.25, 0.3) is 5.89 Å². The molecule has 1 aromatic heterocycles. The fourth-order valence-electron chi connectivity index (χ4n) is 2.44. The van der Waals surface area contributed by atoms with E-state index in [1.165, 1.54) is 12.1 Å². The Morgan fingerprint density at radius 1 is 1.33 bits per heavy atom. The summed E-state index contributed by atoms with van der Waals surface area (Å²) in [5.74, 6) is 0.448. The predicted octanol–water partition coefficient (Wildman–Crippen LogP) is 1.38. The number of rotatable bonds is 2. The first-order chi connectivity index (χ1) is 10.0. The van der Waals surface area contributed by atoms with Gasteiger partial charge in [0.15, 0.2) is 5.82 Å². The molecule has 1 aromatic carbocycles. The molecule has 0 bridgehead atoms. The third-order valence-corrected chi connectivity index (χ3v) is 3.84. The number of likely N-dealkylation sites (N-methyl/N-ethyl adjacent to an activating group) is 2. The highest BCUT2D eigenvalue weighted by Gasteiger charge is 2.28. The van der Waals surface area contributed by atoms with Crippen LogP contribution in [-0.4, -0.2) is 53.7 Å². The molecule has 0 saturated carbocycles. The van der Waals surface area contributed by atoms with Crippen LogP contribution in [0.15, 0.2) is 22.7 Å². The van der Waals surface area contributed by atoms with Crippen LogP contribution in [0, 0.1) is 5.82 Å². The monoisotopic (exact) mass is 291 g/mol. The Bertz CT molecular complexity index is 644. The van der Waals surface area contributed by atoms with E-state index in [0.29, 0.717) is 17.3 Å². The van der Waals surface area contributed by atoms with Gasteiger partial charge in [-0.05, 0) is 32.3 Å². The highest BCUT2D eigenvalue weighted by atomic mass is 19.1.